The molecule has 0 saturated heterocycles. The molecule has 72 valence electrons. The Morgan fingerprint density at radius 3 is 2.50 bits per heavy atom. The largest absolute Gasteiger partial charge is 0.481 e. The van der Waals surface area contributed by atoms with Crippen LogP contribution >= 0.6 is 0 Å². The molecule has 1 aromatic carbocycles. The van der Waals surface area contributed by atoms with Crippen LogP contribution < -0.4 is 0 Å². The van der Waals surface area contributed by atoms with Gasteiger partial charge in [0.1, 0.15) is 0 Å². The van der Waals surface area contributed by atoms with Crippen molar-refractivity contribution in [3.63, 3.8) is 0 Å². The van der Waals surface area contributed by atoms with Crippen LogP contribution in [0.5, 0.6) is 0 Å². The maximum atomic E-state index is 10.6. The third-order valence-corrected chi connectivity index (χ3v) is 2.16. The molecule has 3 nitrogen and oxygen atoms in total. The molecule has 0 bridgehead atoms. The van der Waals surface area contributed by atoms with Crippen LogP contribution in [0.1, 0.15) is 18.9 Å². The van der Waals surface area contributed by atoms with Gasteiger partial charge >= 0.3 is 5.97 Å². The topological polar surface area (TPSA) is 61.1 Å². The van der Waals surface area contributed by atoms with Crippen molar-refractivity contribution in [1.29, 1.82) is 5.26 Å². The summed E-state index contributed by atoms with van der Waals surface area (Å²) in [7, 11) is 0. The van der Waals surface area contributed by atoms with Crippen molar-refractivity contribution < 1.29 is 9.90 Å². The van der Waals surface area contributed by atoms with Gasteiger partial charge in [-0.3, -0.25) is 4.79 Å². The summed E-state index contributed by atoms with van der Waals surface area (Å²) in [5.41, 5.74) is -0.197. The first-order valence-corrected chi connectivity index (χ1v) is 4.27. The predicted molar refractivity (Wildman–Crippen MR) is 51.7 cm³/mol. The van der Waals surface area contributed by atoms with Gasteiger partial charge in [-0.1, -0.05) is 30.3 Å². The Kier molecular flexibility index (Phi) is 2.88. The molecule has 1 aromatic rings. The maximum absolute atomic E-state index is 10.6. The molecule has 0 unspecified atom stereocenters. The molecule has 1 atom stereocenters. The van der Waals surface area contributed by atoms with E-state index < -0.39 is 11.4 Å². The van der Waals surface area contributed by atoms with Gasteiger partial charge in [0.15, 0.2) is 0 Å². The lowest BCUT2D eigenvalue weighted by Gasteiger charge is -2.19. The van der Waals surface area contributed by atoms with Gasteiger partial charge < -0.3 is 5.11 Å². The molecule has 1 rings (SSSR count). The summed E-state index contributed by atoms with van der Waals surface area (Å²) in [5.74, 6) is -0.960. The second kappa shape index (κ2) is 3.93. The first kappa shape index (κ1) is 10.3. The van der Waals surface area contributed by atoms with Crippen LogP contribution in [-0.4, -0.2) is 11.1 Å². The summed E-state index contributed by atoms with van der Waals surface area (Å²) in [4.78, 5) is 10.6. The van der Waals surface area contributed by atoms with Crippen LogP contribution in [0.4, 0.5) is 0 Å². The number of hydrogen-bond donors (Lipinski definition) is 1. The van der Waals surface area contributed by atoms with Crippen LogP contribution in [-0.2, 0) is 10.2 Å². The maximum Gasteiger partial charge on any atom is 0.305 e. The fraction of sp³-hybridized carbons (Fsp3) is 0.273. The predicted octanol–water partition coefficient (Wildman–Crippen LogP) is 1.94. The van der Waals surface area contributed by atoms with E-state index in [1.165, 1.54) is 0 Å². The van der Waals surface area contributed by atoms with E-state index in [2.05, 4.69) is 0 Å². The van der Waals surface area contributed by atoms with Gasteiger partial charge in [-0.15, -0.1) is 0 Å². The van der Waals surface area contributed by atoms with Crippen LogP contribution in [0.15, 0.2) is 30.3 Å². The molecule has 0 aliphatic rings. The number of benzene rings is 1. The first-order valence-electron chi connectivity index (χ1n) is 4.27. The summed E-state index contributed by atoms with van der Waals surface area (Å²) in [5, 5.41) is 17.7. The van der Waals surface area contributed by atoms with Gasteiger partial charge in [-0.25, -0.2) is 0 Å². The van der Waals surface area contributed by atoms with Gasteiger partial charge in [0.25, 0.3) is 0 Å². The van der Waals surface area contributed by atoms with E-state index in [9.17, 15) is 4.79 Å². The fourth-order valence-electron chi connectivity index (χ4n) is 1.31. The Hall–Kier alpha value is -1.82. The molecule has 0 spiro atoms. The lowest BCUT2D eigenvalue weighted by molar-refractivity contribution is -0.137. The monoisotopic (exact) mass is 189 g/mol. The van der Waals surface area contributed by atoms with E-state index in [-0.39, 0.29) is 6.42 Å². The lowest BCUT2D eigenvalue weighted by Crippen LogP contribution is -2.23. The van der Waals surface area contributed by atoms with Crippen LogP contribution in [0.3, 0.4) is 0 Å². The van der Waals surface area contributed by atoms with Gasteiger partial charge in [0, 0.05) is 0 Å². The number of carboxylic acids is 1. The molecule has 1 N–H and O–H groups in total. The molecule has 0 fully saturated rings. The average molecular weight is 189 g/mol. The van der Waals surface area contributed by atoms with Crippen molar-refractivity contribution in [2.75, 3.05) is 0 Å². The number of nitriles is 1. The first-order chi connectivity index (χ1) is 6.58. The van der Waals surface area contributed by atoms with Gasteiger partial charge in [-0.2, -0.15) is 5.26 Å². The highest BCUT2D eigenvalue weighted by Gasteiger charge is 2.29. The van der Waals surface area contributed by atoms with E-state index in [0.29, 0.717) is 0 Å². The highest BCUT2D eigenvalue weighted by molar-refractivity contribution is 5.70. The molecule has 0 heterocycles. The van der Waals surface area contributed by atoms with E-state index in [1.54, 1.807) is 31.2 Å². The van der Waals surface area contributed by atoms with Crippen molar-refractivity contribution in [2.24, 2.45) is 0 Å². The number of aliphatic carboxylic acids is 1. The zero-order valence-electron chi connectivity index (χ0n) is 7.90. The number of hydrogen-bond acceptors (Lipinski definition) is 2. The Morgan fingerprint density at radius 2 is 2.07 bits per heavy atom. The van der Waals surface area contributed by atoms with Crippen LogP contribution in [0.2, 0.25) is 0 Å². The highest BCUT2D eigenvalue weighted by Crippen LogP contribution is 2.26. The summed E-state index contributed by atoms with van der Waals surface area (Å²) in [6, 6.07) is 11.0. The second-order valence-electron chi connectivity index (χ2n) is 3.38. The minimum absolute atomic E-state index is 0.173. The van der Waals surface area contributed by atoms with E-state index >= 15 is 0 Å². The fourth-order valence-corrected chi connectivity index (χ4v) is 1.31. The Labute approximate surface area is 82.6 Å². The molecule has 0 aliphatic carbocycles. The number of nitrogens with zero attached hydrogens (tertiary/aromatic N) is 1. The average Bonchev–Trinajstić information content (AvgIpc) is 2.18. The summed E-state index contributed by atoms with van der Waals surface area (Å²) >= 11 is 0. The summed E-state index contributed by atoms with van der Waals surface area (Å²) < 4.78 is 0. The quantitative estimate of drug-likeness (QED) is 0.790. The minimum Gasteiger partial charge on any atom is -0.481 e. The van der Waals surface area contributed by atoms with Gasteiger partial charge in [0.05, 0.1) is 17.9 Å². The lowest BCUT2D eigenvalue weighted by atomic mass is 9.81. The normalized spacial score (nSPS) is 14.0. The standard InChI is InChI=1S/C11H11NO2/c1-11(8-12,7-10(13)14)9-5-3-2-4-6-9/h2-6H,7H2,1H3,(H,13,14)/t11-/m1/s1. The van der Waals surface area contributed by atoms with E-state index in [0.717, 1.165) is 5.56 Å². The zero-order valence-corrected chi connectivity index (χ0v) is 7.90. The SMILES string of the molecule is C[C@](C#N)(CC(=O)O)c1ccccc1. The molecule has 0 amide bonds. The highest BCUT2D eigenvalue weighted by atomic mass is 16.4. The second-order valence-corrected chi connectivity index (χ2v) is 3.38. The molecular weight excluding hydrogens is 178 g/mol. The van der Waals surface area contributed by atoms with Crippen molar-refractivity contribution in [1.82, 2.24) is 0 Å². The van der Waals surface area contributed by atoms with Crippen molar-refractivity contribution in [2.45, 2.75) is 18.8 Å². The molecule has 0 saturated carbocycles. The summed E-state index contributed by atoms with van der Waals surface area (Å²) in [6.45, 7) is 1.64. The Balaban J connectivity index is 3.03. The third-order valence-electron chi connectivity index (χ3n) is 2.16. The Bertz CT molecular complexity index is 367. The molecule has 0 radical (unpaired) electrons. The van der Waals surface area contributed by atoms with Crippen molar-refractivity contribution in [3.8, 4) is 6.07 Å². The molecular formula is C11H11NO2. The number of carboxylic acid groups (broad SMARTS) is 1. The van der Waals surface area contributed by atoms with Gasteiger partial charge in [-0.05, 0) is 12.5 Å². The molecule has 0 aliphatic heterocycles. The summed E-state index contributed by atoms with van der Waals surface area (Å²) in [6.07, 6.45) is -0.173. The minimum atomic E-state index is -0.960. The van der Waals surface area contributed by atoms with Gasteiger partial charge in [0.2, 0.25) is 0 Å². The van der Waals surface area contributed by atoms with Crippen molar-refractivity contribution >= 4 is 5.97 Å². The smallest absolute Gasteiger partial charge is 0.305 e. The van der Waals surface area contributed by atoms with E-state index in [4.69, 9.17) is 10.4 Å². The molecule has 14 heavy (non-hydrogen) atoms. The van der Waals surface area contributed by atoms with E-state index in [1.807, 2.05) is 12.1 Å². The number of carbonyl (C=O) groups is 1. The number of rotatable bonds is 3. The zero-order chi connectivity index (χ0) is 10.6. The molecule has 3 heteroatoms. The molecule has 0 aromatic heterocycles. The third kappa shape index (κ3) is 2.11. The van der Waals surface area contributed by atoms with Crippen LogP contribution in [0.25, 0.3) is 0 Å². The van der Waals surface area contributed by atoms with Crippen LogP contribution in [0, 0.1) is 11.3 Å². The Morgan fingerprint density at radius 1 is 1.50 bits per heavy atom. The van der Waals surface area contributed by atoms with Crippen molar-refractivity contribution in [3.05, 3.63) is 35.9 Å².